The summed E-state index contributed by atoms with van der Waals surface area (Å²) in [4.78, 5) is 29.6. The summed E-state index contributed by atoms with van der Waals surface area (Å²) in [6, 6.07) is 12.3. The highest BCUT2D eigenvalue weighted by Crippen LogP contribution is 2.27. The largest absolute Gasteiger partial charge is 0.497 e. The lowest BCUT2D eigenvalue weighted by atomic mass is 10.1. The number of ether oxygens (including phenoxy) is 2. The van der Waals surface area contributed by atoms with E-state index in [2.05, 4.69) is 10.2 Å². The standard InChI is InChI=1S/C23H23ClN4O4/c1-31-17-7-8-18(20(13-17)32-2)22(29)27-9-11-28(12-10-27)23(30)19-14-25-26-21(19)15-3-5-16(24)6-4-15/h3-8,13-14H,9-12H2,1-2H3,(H,25,26). The van der Waals surface area contributed by atoms with E-state index in [0.717, 1.165) is 5.56 Å². The van der Waals surface area contributed by atoms with E-state index in [9.17, 15) is 9.59 Å². The minimum Gasteiger partial charge on any atom is -0.497 e. The second kappa shape index (κ2) is 9.32. The minimum atomic E-state index is -0.137. The third-order valence-corrected chi connectivity index (χ3v) is 5.75. The lowest BCUT2D eigenvalue weighted by Crippen LogP contribution is -2.50. The first kappa shape index (κ1) is 21.7. The van der Waals surface area contributed by atoms with Crippen molar-refractivity contribution in [3.8, 4) is 22.8 Å². The Balaban J connectivity index is 1.45. The molecule has 2 heterocycles. The van der Waals surface area contributed by atoms with Crippen LogP contribution in [0.3, 0.4) is 0 Å². The van der Waals surface area contributed by atoms with Gasteiger partial charge in [0, 0.05) is 42.8 Å². The molecule has 8 nitrogen and oxygen atoms in total. The number of aromatic nitrogens is 2. The number of benzene rings is 2. The highest BCUT2D eigenvalue weighted by molar-refractivity contribution is 6.30. The van der Waals surface area contributed by atoms with Crippen molar-refractivity contribution >= 4 is 23.4 Å². The maximum absolute atomic E-state index is 13.1. The third kappa shape index (κ3) is 4.27. The number of halogens is 1. The van der Waals surface area contributed by atoms with Gasteiger partial charge in [-0.25, -0.2) is 0 Å². The molecule has 9 heteroatoms. The zero-order valence-corrected chi connectivity index (χ0v) is 18.6. The van der Waals surface area contributed by atoms with Crippen LogP contribution in [0.15, 0.2) is 48.7 Å². The molecular weight excluding hydrogens is 432 g/mol. The minimum absolute atomic E-state index is 0.127. The van der Waals surface area contributed by atoms with Gasteiger partial charge in [0.05, 0.1) is 37.2 Å². The number of amides is 2. The topological polar surface area (TPSA) is 87.8 Å². The molecule has 0 spiro atoms. The van der Waals surface area contributed by atoms with Gasteiger partial charge in [-0.1, -0.05) is 23.7 Å². The van der Waals surface area contributed by atoms with Crippen LogP contribution in [0.25, 0.3) is 11.3 Å². The maximum atomic E-state index is 13.1. The van der Waals surface area contributed by atoms with Gasteiger partial charge in [-0.05, 0) is 24.3 Å². The zero-order valence-electron chi connectivity index (χ0n) is 17.8. The molecule has 0 saturated carbocycles. The monoisotopic (exact) mass is 454 g/mol. The number of aromatic amines is 1. The van der Waals surface area contributed by atoms with E-state index in [4.69, 9.17) is 21.1 Å². The van der Waals surface area contributed by atoms with E-state index in [1.54, 1.807) is 47.2 Å². The first-order valence-electron chi connectivity index (χ1n) is 10.1. The van der Waals surface area contributed by atoms with Crippen molar-refractivity contribution in [1.82, 2.24) is 20.0 Å². The van der Waals surface area contributed by atoms with Crippen molar-refractivity contribution in [1.29, 1.82) is 0 Å². The molecular formula is C23H23ClN4O4. The molecule has 0 atom stereocenters. The summed E-state index contributed by atoms with van der Waals surface area (Å²) in [7, 11) is 3.08. The van der Waals surface area contributed by atoms with Crippen LogP contribution in [0, 0.1) is 0 Å². The van der Waals surface area contributed by atoms with Crippen LogP contribution in [0.5, 0.6) is 11.5 Å². The predicted octanol–water partition coefficient (Wildman–Crippen LogP) is 3.35. The Kier molecular flexibility index (Phi) is 6.32. The number of methoxy groups -OCH3 is 2. The number of hydrogen-bond acceptors (Lipinski definition) is 5. The van der Waals surface area contributed by atoms with E-state index in [1.807, 2.05) is 12.1 Å². The van der Waals surface area contributed by atoms with Gasteiger partial charge >= 0.3 is 0 Å². The molecule has 32 heavy (non-hydrogen) atoms. The molecule has 1 aliphatic rings. The van der Waals surface area contributed by atoms with Gasteiger partial charge in [-0.2, -0.15) is 5.10 Å². The Morgan fingerprint density at radius 2 is 1.53 bits per heavy atom. The van der Waals surface area contributed by atoms with Crippen molar-refractivity contribution in [2.45, 2.75) is 0 Å². The average Bonchev–Trinajstić information content (AvgIpc) is 3.33. The van der Waals surface area contributed by atoms with Crippen molar-refractivity contribution < 1.29 is 19.1 Å². The molecule has 0 radical (unpaired) electrons. The lowest BCUT2D eigenvalue weighted by molar-refractivity contribution is 0.0534. The van der Waals surface area contributed by atoms with E-state index >= 15 is 0 Å². The number of piperazine rings is 1. The summed E-state index contributed by atoms with van der Waals surface area (Å²) in [6.07, 6.45) is 1.53. The normalized spacial score (nSPS) is 13.7. The van der Waals surface area contributed by atoms with Crippen LogP contribution in [0.2, 0.25) is 5.02 Å². The highest BCUT2D eigenvalue weighted by atomic mass is 35.5. The molecule has 1 N–H and O–H groups in total. The number of nitrogens with one attached hydrogen (secondary N) is 1. The number of hydrogen-bond donors (Lipinski definition) is 1. The molecule has 3 aromatic rings. The second-order valence-electron chi connectivity index (χ2n) is 7.32. The van der Waals surface area contributed by atoms with Crippen molar-refractivity contribution in [2.75, 3.05) is 40.4 Å². The quantitative estimate of drug-likeness (QED) is 0.638. The highest BCUT2D eigenvalue weighted by Gasteiger charge is 2.28. The van der Waals surface area contributed by atoms with Gasteiger partial charge in [0.2, 0.25) is 0 Å². The van der Waals surface area contributed by atoms with Gasteiger partial charge in [0.15, 0.2) is 0 Å². The Bertz CT molecular complexity index is 1120. The van der Waals surface area contributed by atoms with Crippen LogP contribution in [-0.4, -0.2) is 72.2 Å². The summed E-state index contributed by atoms with van der Waals surface area (Å²) >= 11 is 5.97. The van der Waals surface area contributed by atoms with Crippen molar-refractivity contribution in [2.24, 2.45) is 0 Å². The number of H-pyrrole nitrogens is 1. The predicted molar refractivity (Wildman–Crippen MR) is 120 cm³/mol. The molecule has 1 saturated heterocycles. The Morgan fingerprint density at radius 3 is 2.12 bits per heavy atom. The van der Waals surface area contributed by atoms with E-state index in [1.165, 1.54) is 13.3 Å². The fourth-order valence-corrected chi connectivity index (χ4v) is 3.84. The first-order valence-corrected chi connectivity index (χ1v) is 10.5. The molecule has 1 aliphatic heterocycles. The third-order valence-electron chi connectivity index (χ3n) is 5.50. The van der Waals surface area contributed by atoms with Gasteiger partial charge in [-0.3, -0.25) is 14.7 Å². The molecule has 1 fully saturated rings. The smallest absolute Gasteiger partial charge is 0.257 e. The Labute approximate surface area is 190 Å². The summed E-state index contributed by atoms with van der Waals surface area (Å²) in [6.45, 7) is 1.70. The molecule has 166 valence electrons. The van der Waals surface area contributed by atoms with Crippen molar-refractivity contribution in [3.63, 3.8) is 0 Å². The van der Waals surface area contributed by atoms with Crippen LogP contribution < -0.4 is 9.47 Å². The van der Waals surface area contributed by atoms with E-state index in [0.29, 0.717) is 59.5 Å². The van der Waals surface area contributed by atoms with Crippen LogP contribution >= 0.6 is 11.6 Å². The van der Waals surface area contributed by atoms with Gasteiger partial charge in [-0.15, -0.1) is 0 Å². The number of carbonyl (C=O) groups is 2. The van der Waals surface area contributed by atoms with Crippen molar-refractivity contribution in [3.05, 3.63) is 64.8 Å². The maximum Gasteiger partial charge on any atom is 0.257 e. The lowest BCUT2D eigenvalue weighted by Gasteiger charge is -2.35. The Hall–Kier alpha value is -3.52. The summed E-state index contributed by atoms with van der Waals surface area (Å²) in [5.74, 6) is 0.809. The van der Waals surface area contributed by atoms with Crippen LogP contribution in [0.4, 0.5) is 0 Å². The number of nitrogens with zero attached hydrogens (tertiary/aromatic N) is 3. The van der Waals surface area contributed by atoms with E-state index < -0.39 is 0 Å². The van der Waals surface area contributed by atoms with Crippen LogP contribution in [0.1, 0.15) is 20.7 Å². The fourth-order valence-electron chi connectivity index (χ4n) is 3.71. The average molecular weight is 455 g/mol. The summed E-state index contributed by atoms with van der Waals surface area (Å²) in [5, 5.41) is 7.58. The zero-order chi connectivity index (χ0) is 22.7. The molecule has 2 amide bonds. The van der Waals surface area contributed by atoms with E-state index in [-0.39, 0.29) is 11.8 Å². The number of carbonyl (C=O) groups excluding carboxylic acids is 2. The van der Waals surface area contributed by atoms with Gasteiger partial charge in [0.1, 0.15) is 11.5 Å². The fraction of sp³-hybridized carbons (Fsp3) is 0.261. The summed E-state index contributed by atoms with van der Waals surface area (Å²) < 4.78 is 10.6. The molecule has 1 aromatic heterocycles. The molecule has 0 unspecified atom stereocenters. The molecule has 0 aliphatic carbocycles. The molecule has 2 aromatic carbocycles. The number of rotatable bonds is 5. The van der Waals surface area contributed by atoms with Gasteiger partial charge < -0.3 is 19.3 Å². The summed E-state index contributed by atoms with van der Waals surface area (Å²) in [5.41, 5.74) is 2.43. The second-order valence-corrected chi connectivity index (χ2v) is 7.75. The Morgan fingerprint density at radius 1 is 0.906 bits per heavy atom. The van der Waals surface area contributed by atoms with Crippen LogP contribution in [-0.2, 0) is 0 Å². The molecule has 0 bridgehead atoms. The molecule has 4 rings (SSSR count). The first-order chi connectivity index (χ1) is 15.5. The van der Waals surface area contributed by atoms with Gasteiger partial charge in [0.25, 0.3) is 11.8 Å². The SMILES string of the molecule is COc1ccc(C(=O)N2CCN(C(=O)c3cn[nH]c3-c3ccc(Cl)cc3)CC2)c(OC)c1.